The van der Waals surface area contributed by atoms with E-state index in [1.165, 1.54) is 42.6 Å². The highest BCUT2D eigenvalue weighted by Crippen LogP contribution is 2.32. The lowest BCUT2D eigenvalue weighted by Gasteiger charge is -2.33. The maximum Gasteiger partial charge on any atom is 0.244 e. The number of methoxy groups -OCH3 is 1. The lowest BCUT2D eigenvalue weighted by Crippen LogP contribution is -2.49. The molecule has 1 amide bonds. The largest absolute Gasteiger partial charge is 0.494 e. The maximum absolute atomic E-state index is 13.9. The van der Waals surface area contributed by atoms with E-state index in [4.69, 9.17) is 16.3 Å². The average molecular weight is 427 g/mol. The van der Waals surface area contributed by atoms with Crippen LogP contribution >= 0.6 is 11.6 Å². The molecule has 0 spiro atoms. The first-order valence-corrected chi connectivity index (χ1v) is 10.4. The van der Waals surface area contributed by atoms with Crippen molar-refractivity contribution in [1.82, 2.24) is 9.21 Å². The number of carbonyl (C=O) groups excluding carboxylic acids is 1. The fourth-order valence-electron chi connectivity index (χ4n) is 3.12. The molecule has 1 aliphatic heterocycles. The fourth-order valence-corrected chi connectivity index (χ4v) is 5.06. The molecule has 0 N–H and O–H groups in total. The van der Waals surface area contributed by atoms with Gasteiger partial charge in [0.15, 0.2) is 11.6 Å². The molecule has 2 aromatic rings. The lowest BCUT2D eigenvalue weighted by molar-refractivity contribution is -0.129. The Labute approximate surface area is 168 Å². The molecular formula is C19H20ClFN2O4S. The minimum atomic E-state index is -3.79. The first-order valence-electron chi connectivity index (χ1n) is 8.63. The average Bonchev–Trinajstić information content (AvgIpc) is 2.67. The van der Waals surface area contributed by atoms with Crippen molar-refractivity contribution in [1.29, 1.82) is 0 Å². The number of carbonyl (C=O) groups is 1. The van der Waals surface area contributed by atoms with Crippen LogP contribution in [0.4, 0.5) is 4.39 Å². The minimum absolute atomic E-state index is 0.0109. The van der Waals surface area contributed by atoms with Crippen molar-refractivity contribution >= 4 is 27.5 Å². The van der Waals surface area contributed by atoms with E-state index in [1.54, 1.807) is 17.0 Å². The van der Waals surface area contributed by atoms with Crippen molar-refractivity contribution in [2.24, 2.45) is 0 Å². The molecule has 150 valence electrons. The monoisotopic (exact) mass is 426 g/mol. The van der Waals surface area contributed by atoms with Gasteiger partial charge in [0.1, 0.15) is 4.90 Å². The molecule has 2 aromatic carbocycles. The molecule has 0 atom stereocenters. The zero-order chi connectivity index (χ0) is 20.5. The van der Waals surface area contributed by atoms with Gasteiger partial charge >= 0.3 is 0 Å². The standard InChI is InChI=1S/C19H20ClFN2O4S/c1-13(24)22-7-9-23(10-8-22)28(25,26)19-6-4-14(11-16(19)20)15-3-5-18(27-2)17(21)12-15/h3-6,11-12H,7-10H2,1-2H3. The third kappa shape index (κ3) is 3.99. The number of nitrogens with zero attached hydrogens (tertiary/aromatic N) is 2. The van der Waals surface area contributed by atoms with Gasteiger partial charge in [-0.25, -0.2) is 12.8 Å². The van der Waals surface area contributed by atoms with Crippen LogP contribution in [-0.4, -0.2) is 56.8 Å². The van der Waals surface area contributed by atoms with E-state index in [-0.39, 0.29) is 34.7 Å². The molecule has 0 bridgehead atoms. The second kappa shape index (κ2) is 8.06. The van der Waals surface area contributed by atoms with Crippen LogP contribution in [0.3, 0.4) is 0 Å². The summed E-state index contributed by atoms with van der Waals surface area (Å²) in [4.78, 5) is 13.0. The summed E-state index contributed by atoms with van der Waals surface area (Å²) in [5.74, 6) is -0.471. The van der Waals surface area contributed by atoms with E-state index in [0.717, 1.165) is 0 Å². The summed E-state index contributed by atoms with van der Waals surface area (Å²) in [6.07, 6.45) is 0. The smallest absolute Gasteiger partial charge is 0.244 e. The molecule has 0 aromatic heterocycles. The highest BCUT2D eigenvalue weighted by Gasteiger charge is 2.30. The van der Waals surface area contributed by atoms with E-state index in [9.17, 15) is 17.6 Å². The van der Waals surface area contributed by atoms with Crippen molar-refractivity contribution in [2.75, 3.05) is 33.3 Å². The Morgan fingerprint density at radius 2 is 1.68 bits per heavy atom. The van der Waals surface area contributed by atoms with Crippen LogP contribution in [0.1, 0.15) is 6.92 Å². The second-order valence-corrected chi connectivity index (χ2v) is 8.72. The highest BCUT2D eigenvalue weighted by atomic mass is 35.5. The Kier molecular flexibility index (Phi) is 5.92. The van der Waals surface area contributed by atoms with Crippen LogP contribution in [0.25, 0.3) is 11.1 Å². The van der Waals surface area contributed by atoms with E-state index in [1.807, 2.05) is 0 Å². The Hall–Kier alpha value is -2.16. The van der Waals surface area contributed by atoms with Gasteiger partial charge in [0.2, 0.25) is 15.9 Å². The molecule has 0 saturated carbocycles. The Morgan fingerprint density at radius 1 is 1.07 bits per heavy atom. The van der Waals surface area contributed by atoms with Crippen LogP contribution in [0.15, 0.2) is 41.3 Å². The second-order valence-electron chi connectivity index (χ2n) is 6.40. The number of hydrogen-bond acceptors (Lipinski definition) is 4. The normalized spacial score (nSPS) is 15.5. The van der Waals surface area contributed by atoms with E-state index in [2.05, 4.69) is 0 Å². The van der Waals surface area contributed by atoms with Crippen molar-refractivity contribution in [3.63, 3.8) is 0 Å². The summed E-state index contributed by atoms with van der Waals surface area (Å²) in [5.41, 5.74) is 1.14. The van der Waals surface area contributed by atoms with Gasteiger partial charge < -0.3 is 9.64 Å². The van der Waals surface area contributed by atoms with Gasteiger partial charge in [-0.05, 0) is 35.4 Å². The number of rotatable bonds is 4. The van der Waals surface area contributed by atoms with Gasteiger partial charge in [-0.15, -0.1) is 0 Å². The fraction of sp³-hybridized carbons (Fsp3) is 0.316. The summed E-state index contributed by atoms with van der Waals surface area (Å²) < 4.78 is 46.0. The first-order chi connectivity index (χ1) is 13.2. The van der Waals surface area contributed by atoms with Gasteiger partial charge in [-0.1, -0.05) is 23.7 Å². The Bertz CT molecular complexity index is 1000. The summed E-state index contributed by atoms with van der Waals surface area (Å²) in [5, 5.41) is 0.0581. The van der Waals surface area contributed by atoms with Gasteiger partial charge in [-0.2, -0.15) is 4.31 Å². The van der Waals surface area contributed by atoms with Crippen LogP contribution in [0.2, 0.25) is 5.02 Å². The summed E-state index contributed by atoms with van der Waals surface area (Å²) in [6.45, 7) is 2.57. The Balaban J connectivity index is 1.86. The molecule has 1 saturated heterocycles. The predicted molar refractivity (Wildman–Crippen MR) is 104 cm³/mol. The van der Waals surface area contributed by atoms with Crippen molar-refractivity contribution in [3.05, 3.63) is 47.2 Å². The number of ether oxygens (including phenoxy) is 1. The van der Waals surface area contributed by atoms with Crippen LogP contribution in [0, 0.1) is 5.82 Å². The number of piperazine rings is 1. The number of hydrogen-bond donors (Lipinski definition) is 0. The van der Waals surface area contributed by atoms with Gasteiger partial charge in [0, 0.05) is 33.1 Å². The van der Waals surface area contributed by atoms with E-state index >= 15 is 0 Å². The van der Waals surface area contributed by atoms with E-state index in [0.29, 0.717) is 24.2 Å². The number of sulfonamides is 1. The van der Waals surface area contributed by atoms with Gasteiger partial charge in [0.25, 0.3) is 0 Å². The van der Waals surface area contributed by atoms with Gasteiger partial charge in [-0.3, -0.25) is 4.79 Å². The SMILES string of the molecule is COc1ccc(-c2ccc(S(=O)(=O)N3CCN(C(C)=O)CC3)c(Cl)c2)cc1F. The molecular weight excluding hydrogens is 407 g/mol. The molecule has 6 nitrogen and oxygen atoms in total. The maximum atomic E-state index is 13.9. The molecule has 28 heavy (non-hydrogen) atoms. The molecule has 3 rings (SSSR count). The molecule has 0 aliphatic carbocycles. The summed E-state index contributed by atoms with van der Waals surface area (Å²) >= 11 is 6.27. The zero-order valence-electron chi connectivity index (χ0n) is 15.5. The van der Waals surface area contributed by atoms with Crippen molar-refractivity contribution < 1.29 is 22.3 Å². The predicted octanol–water partition coefficient (Wildman–Crippen LogP) is 3.01. The molecule has 1 heterocycles. The molecule has 9 heteroatoms. The van der Waals surface area contributed by atoms with E-state index < -0.39 is 15.8 Å². The highest BCUT2D eigenvalue weighted by molar-refractivity contribution is 7.89. The number of amides is 1. The molecule has 0 radical (unpaired) electrons. The molecule has 1 aliphatic rings. The van der Waals surface area contributed by atoms with Gasteiger partial charge in [0.05, 0.1) is 12.1 Å². The lowest BCUT2D eigenvalue weighted by atomic mass is 10.1. The first kappa shape index (κ1) is 20.6. The number of halogens is 2. The quantitative estimate of drug-likeness (QED) is 0.753. The zero-order valence-corrected chi connectivity index (χ0v) is 17.1. The minimum Gasteiger partial charge on any atom is -0.494 e. The van der Waals surface area contributed by atoms with Crippen LogP contribution < -0.4 is 4.74 Å². The topological polar surface area (TPSA) is 66.9 Å². The Morgan fingerprint density at radius 3 is 2.21 bits per heavy atom. The summed E-state index contributed by atoms with van der Waals surface area (Å²) in [6, 6.07) is 8.99. The third-order valence-corrected chi connectivity index (χ3v) is 7.10. The number of benzene rings is 2. The molecule has 0 unspecified atom stereocenters. The third-order valence-electron chi connectivity index (χ3n) is 4.72. The van der Waals surface area contributed by atoms with Crippen molar-refractivity contribution in [3.8, 4) is 16.9 Å². The van der Waals surface area contributed by atoms with Crippen molar-refractivity contribution in [2.45, 2.75) is 11.8 Å². The molecule has 1 fully saturated rings. The van der Waals surface area contributed by atoms with Crippen LogP contribution in [-0.2, 0) is 14.8 Å². The summed E-state index contributed by atoms with van der Waals surface area (Å²) in [7, 11) is -2.41. The van der Waals surface area contributed by atoms with Crippen LogP contribution in [0.5, 0.6) is 5.75 Å².